The molecule has 3 aliphatic rings. The molecule has 1 saturated heterocycles. The molecule has 1 fully saturated rings. The Bertz CT molecular complexity index is 960. The first kappa shape index (κ1) is 16.7. The Hall–Kier alpha value is -2.44. The van der Waals surface area contributed by atoms with E-state index in [9.17, 15) is 9.59 Å². The number of amides is 2. The lowest BCUT2D eigenvalue weighted by molar-refractivity contribution is -0.134. The number of hydrogen-bond donors (Lipinski definition) is 3. The van der Waals surface area contributed by atoms with Gasteiger partial charge < -0.3 is 4.98 Å². The number of benzene rings is 1. The molecular formula is C21H24N4O2. The molecule has 3 heterocycles. The number of likely N-dealkylation sites (N-methyl/N-ethyl adjacent to an activating group) is 1. The van der Waals surface area contributed by atoms with E-state index in [1.165, 1.54) is 27.6 Å². The largest absolute Gasteiger partial charge is 0.361 e. The Kier molecular flexibility index (Phi) is 3.91. The van der Waals surface area contributed by atoms with Gasteiger partial charge in [0.25, 0.3) is 0 Å². The van der Waals surface area contributed by atoms with E-state index in [1.807, 2.05) is 0 Å². The summed E-state index contributed by atoms with van der Waals surface area (Å²) >= 11 is 0. The van der Waals surface area contributed by atoms with Crippen molar-refractivity contribution in [3.8, 4) is 0 Å². The summed E-state index contributed by atoms with van der Waals surface area (Å²) in [6.45, 7) is 1.22. The van der Waals surface area contributed by atoms with Gasteiger partial charge in [-0.1, -0.05) is 18.2 Å². The molecule has 1 aliphatic carbocycles. The summed E-state index contributed by atoms with van der Waals surface area (Å²) in [6.07, 6.45) is 7.29. The molecule has 1 aromatic carbocycles. The van der Waals surface area contributed by atoms with Crippen LogP contribution in [0.3, 0.4) is 0 Å². The monoisotopic (exact) mass is 364 g/mol. The van der Waals surface area contributed by atoms with Crippen molar-refractivity contribution in [2.75, 3.05) is 20.1 Å². The number of rotatable bonds is 3. The van der Waals surface area contributed by atoms with Crippen LogP contribution in [-0.4, -0.2) is 53.9 Å². The minimum atomic E-state index is -0.268. The van der Waals surface area contributed by atoms with Crippen molar-refractivity contribution < 1.29 is 9.59 Å². The van der Waals surface area contributed by atoms with Crippen LogP contribution in [0.4, 0.5) is 0 Å². The van der Waals surface area contributed by atoms with Crippen molar-refractivity contribution in [3.05, 3.63) is 41.6 Å². The summed E-state index contributed by atoms with van der Waals surface area (Å²) < 4.78 is 0. The maximum atomic E-state index is 12.0. The van der Waals surface area contributed by atoms with E-state index in [0.29, 0.717) is 12.0 Å². The molecule has 1 aromatic heterocycles. The summed E-state index contributed by atoms with van der Waals surface area (Å²) in [5, 5.41) is 6.84. The number of fused-ring (bicyclic) bond motifs is 2. The van der Waals surface area contributed by atoms with Gasteiger partial charge in [-0.3, -0.25) is 25.1 Å². The lowest BCUT2D eigenvalue weighted by Gasteiger charge is -2.40. The molecule has 3 atom stereocenters. The number of imide groups is 1. The Labute approximate surface area is 158 Å². The van der Waals surface area contributed by atoms with Gasteiger partial charge in [0.2, 0.25) is 11.8 Å². The summed E-state index contributed by atoms with van der Waals surface area (Å²) in [5.41, 5.74) is 5.37. The Balaban J connectivity index is 1.40. The number of hydrogen-bond acceptors (Lipinski definition) is 4. The molecule has 1 unspecified atom stereocenters. The maximum absolute atomic E-state index is 12.0. The average molecular weight is 364 g/mol. The van der Waals surface area contributed by atoms with E-state index in [-0.39, 0.29) is 24.4 Å². The van der Waals surface area contributed by atoms with E-state index in [2.05, 4.69) is 58.0 Å². The van der Waals surface area contributed by atoms with E-state index in [0.717, 1.165) is 25.8 Å². The number of nitrogens with one attached hydrogen (secondary N) is 3. The number of nitrogens with zero attached hydrogens (tertiary/aromatic N) is 1. The van der Waals surface area contributed by atoms with Gasteiger partial charge in [-0.15, -0.1) is 0 Å². The van der Waals surface area contributed by atoms with Crippen LogP contribution in [-0.2, 0) is 16.0 Å². The highest BCUT2D eigenvalue weighted by Crippen LogP contribution is 2.41. The van der Waals surface area contributed by atoms with Crippen LogP contribution in [0.5, 0.6) is 0 Å². The second kappa shape index (κ2) is 6.32. The number of aromatic amines is 1. The van der Waals surface area contributed by atoms with Crippen LogP contribution in [0.25, 0.3) is 16.5 Å². The van der Waals surface area contributed by atoms with Crippen molar-refractivity contribution in [1.82, 2.24) is 20.5 Å². The Morgan fingerprint density at radius 3 is 2.96 bits per heavy atom. The van der Waals surface area contributed by atoms with Crippen molar-refractivity contribution in [2.24, 2.45) is 5.92 Å². The first-order valence-corrected chi connectivity index (χ1v) is 9.68. The highest BCUT2D eigenvalue weighted by atomic mass is 16.2. The second-order valence-corrected chi connectivity index (χ2v) is 8.01. The number of H-pyrrole nitrogens is 1. The van der Waals surface area contributed by atoms with Crippen LogP contribution in [0.15, 0.2) is 30.5 Å². The van der Waals surface area contributed by atoms with Crippen molar-refractivity contribution in [2.45, 2.75) is 31.3 Å². The third kappa shape index (κ3) is 2.80. The number of carbonyl (C=O) groups excluding carboxylic acids is 2. The molecular weight excluding hydrogens is 340 g/mol. The van der Waals surface area contributed by atoms with Crippen molar-refractivity contribution in [3.63, 3.8) is 0 Å². The van der Waals surface area contributed by atoms with E-state index in [1.54, 1.807) is 0 Å². The molecule has 2 aromatic rings. The first-order chi connectivity index (χ1) is 13.1. The normalized spacial score (nSPS) is 28.0. The zero-order valence-electron chi connectivity index (χ0n) is 15.4. The fourth-order valence-corrected chi connectivity index (χ4v) is 4.92. The Morgan fingerprint density at radius 2 is 2.11 bits per heavy atom. The van der Waals surface area contributed by atoms with Crippen LogP contribution < -0.4 is 10.6 Å². The molecule has 2 aliphatic heterocycles. The molecule has 5 rings (SSSR count). The fourth-order valence-electron chi connectivity index (χ4n) is 4.92. The lowest BCUT2D eigenvalue weighted by atomic mass is 9.79. The highest BCUT2D eigenvalue weighted by molar-refractivity contribution is 6.01. The predicted molar refractivity (Wildman–Crippen MR) is 104 cm³/mol. The second-order valence-electron chi connectivity index (χ2n) is 8.01. The highest BCUT2D eigenvalue weighted by Gasteiger charge is 2.34. The molecule has 0 spiro atoms. The third-order valence-corrected chi connectivity index (χ3v) is 6.25. The molecule has 0 bridgehead atoms. The fraction of sp³-hybridized carbons (Fsp3) is 0.429. The minimum Gasteiger partial charge on any atom is -0.361 e. The van der Waals surface area contributed by atoms with Crippen LogP contribution in [0, 0.1) is 5.92 Å². The standard InChI is InChI=1S/C21H24N4O2/c1-25-11-12(5-6-17-21(27)24-19(26)10-23-17)7-15-14-3-2-4-16-20(14)13(9-22-16)8-18(15)25/h2-4,7,9,12,17-18,22-23H,5-6,8,10-11H2,1H3,(H,24,26,27)/t12-,17?,18-/m1/s1. The topological polar surface area (TPSA) is 77.2 Å². The minimum absolute atomic E-state index is 0.194. The smallest absolute Gasteiger partial charge is 0.243 e. The number of piperazine rings is 1. The van der Waals surface area contributed by atoms with E-state index in [4.69, 9.17) is 0 Å². The van der Waals surface area contributed by atoms with Gasteiger partial charge in [0, 0.05) is 29.7 Å². The van der Waals surface area contributed by atoms with Gasteiger partial charge in [-0.25, -0.2) is 0 Å². The van der Waals surface area contributed by atoms with Gasteiger partial charge in [-0.05, 0) is 55.0 Å². The van der Waals surface area contributed by atoms with Gasteiger partial charge in [0.15, 0.2) is 0 Å². The SMILES string of the molecule is CN1C[C@H](CCC2NCC(=O)NC2=O)C=C2c3cccc4[nH]cc(c34)C[C@H]21. The number of aromatic nitrogens is 1. The molecule has 6 nitrogen and oxygen atoms in total. The molecule has 0 radical (unpaired) electrons. The van der Waals surface area contributed by atoms with Crippen LogP contribution in [0.1, 0.15) is 24.0 Å². The molecule has 3 N–H and O–H groups in total. The molecule has 140 valence electrons. The zero-order valence-corrected chi connectivity index (χ0v) is 15.4. The van der Waals surface area contributed by atoms with Gasteiger partial charge >= 0.3 is 0 Å². The molecule has 27 heavy (non-hydrogen) atoms. The molecule has 0 saturated carbocycles. The predicted octanol–water partition coefficient (Wildman–Crippen LogP) is 1.43. The summed E-state index contributed by atoms with van der Waals surface area (Å²) in [4.78, 5) is 29.1. The van der Waals surface area contributed by atoms with Gasteiger partial charge in [0.1, 0.15) is 0 Å². The third-order valence-electron chi connectivity index (χ3n) is 6.25. The summed E-state index contributed by atoms with van der Waals surface area (Å²) in [6, 6.07) is 6.65. The zero-order chi connectivity index (χ0) is 18.5. The van der Waals surface area contributed by atoms with E-state index < -0.39 is 0 Å². The quantitative estimate of drug-likeness (QED) is 0.720. The summed E-state index contributed by atoms with van der Waals surface area (Å²) in [5.74, 6) is -0.0271. The average Bonchev–Trinajstić information content (AvgIpc) is 3.06. The van der Waals surface area contributed by atoms with Crippen molar-refractivity contribution >= 4 is 28.3 Å². The van der Waals surface area contributed by atoms with Gasteiger partial charge in [0.05, 0.1) is 12.6 Å². The van der Waals surface area contributed by atoms with Gasteiger partial charge in [-0.2, -0.15) is 0 Å². The Morgan fingerprint density at radius 1 is 1.22 bits per heavy atom. The maximum Gasteiger partial charge on any atom is 0.243 e. The lowest BCUT2D eigenvalue weighted by Crippen LogP contribution is -2.56. The molecule has 6 heteroatoms. The number of carbonyl (C=O) groups is 2. The van der Waals surface area contributed by atoms with E-state index >= 15 is 0 Å². The summed E-state index contributed by atoms with van der Waals surface area (Å²) in [7, 11) is 2.20. The molecule has 2 amide bonds. The first-order valence-electron chi connectivity index (χ1n) is 9.68. The van der Waals surface area contributed by atoms with Crippen LogP contribution in [0.2, 0.25) is 0 Å². The van der Waals surface area contributed by atoms with Crippen LogP contribution >= 0.6 is 0 Å². The van der Waals surface area contributed by atoms with Crippen molar-refractivity contribution in [1.29, 1.82) is 0 Å².